The Morgan fingerprint density at radius 2 is 1.46 bits per heavy atom. The van der Waals surface area contributed by atoms with Crippen LogP contribution in [0, 0.1) is 0 Å². The smallest absolute Gasteiger partial charge is 0.417 e. The van der Waals surface area contributed by atoms with Gasteiger partial charge in [0.1, 0.15) is 12.4 Å². The quantitative estimate of drug-likeness (QED) is 0.245. The van der Waals surface area contributed by atoms with Crippen molar-refractivity contribution >= 4 is 40.9 Å². The molecule has 0 radical (unpaired) electrons. The first-order valence-corrected chi connectivity index (χ1v) is 13.0. The molecule has 0 aliphatic rings. The molecule has 0 saturated carbocycles. The lowest BCUT2D eigenvalue weighted by Crippen LogP contribution is -2.44. The molecule has 0 heterocycles. The van der Waals surface area contributed by atoms with Crippen molar-refractivity contribution in [3.05, 3.63) is 107 Å². The van der Waals surface area contributed by atoms with Crippen molar-refractivity contribution in [1.29, 1.82) is 0 Å². The highest BCUT2D eigenvalue weighted by Crippen LogP contribution is 2.29. The minimum atomic E-state index is -1.44. The van der Waals surface area contributed by atoms with Gasteiger partial charge in [-0.25, -0.2) is 14.5 Å². The second kappa shape index (κ2) is 14.5. The van der Waals surface area contributed by atoms with Gasteiger partial charge in [0, 0.05) is 18.2 Å². The van der Waals surface area contributed by atoms with Crippen LogP contribution in [-0.2, 0) is 30.5 Å². The minimum Gasteiger partial charge on any atom is -0.489 e. The molecule has 3 aromatic rings. The van der Waals surface area contributed by atoms with Crippen molar-refractivity contribution in [2.24, 2.45) is 0 Å². The predicted molar refractivity (Wildman–Crippen MR) is 149 cm³/mol. The lowest BCUT2D eigenvalue weighted by molar-refractivity contribution is -0.150. The Kier molecular flexibility index (Phi) is 10.9. The van der Waals surface area contributed by atoms with Gasteiger partial charge in [0.15, 0.2) is 11.2 Å². The van der Waals surface area contributed by atoms with Crippen LogP contribution in [0.15, 0.2) is 90.5 Å². The molecule has 3 rings (SSSR count). The maximum absolute atomic E-state index is 13.8. The summed E-state index contributed by atoms with van der Waals surface area (Å²) in [6.45, 7) is 1.72. The third kappa shape index (κ3) is 8.31. The molecule has 0 bridgehead atoms. The van der Waals surface area contributed by atoms with E-state index in [-0.39, 0.29) is 16.4 Å². The van der Waals surface area contributed by atoms with E-state index in [9.17, 15) is 19.2 Å². The summed E-state index contributed by atoms with van der Waals surface area (Å²) in [6, 6.07) is 23.6. The monoisotopic (exact) mass is 547 g/mol. The molecule has 0 aromatic heterocycles. The Hall–Kier alpha value is -4.37. The number of nitrogens with zero attached hydrogens (tertiary/aromatic N) is 1. The number of amides is 2. The number of methoxy groups -OCH3 is 2. The number of thioether (sulfide) groups is 1. The number of hydrogen-bond acceptors (Lipinski definition) is 8. The number of carbonyl (C=O) groups is 4. The lowest BCUT2D eigenvalue weighted by Gasteiger charge is -2.28. The van der Waals surface area contributed by atoms with Crippen molar-refractivity contribution in [1.82, 2.24) is 4.90 Å². The number of rotatable bonds is 10. The average molecular weight is 548 g/mol. The van der Waals surface area contributed by atoms with Gasteiger partial charge in [0.2, 0.25) is 0 Å². The van der Waals surface area contributed by atoms with Crippen LogP contribution >= 0.6 is 11.8 Å². The predicted octanol–water partition coefficient (Wildman–Crippen LogP) is 5.44. The van der Waals surface area contributed by atoms with Crippen molar-refractivity contribution in [2.75, 3.05) is 20.0 Å². The minimum absolute atomic E-state index is 0.0172. The Morgan fingerprint density at radius 1 is 0.846 bits per heavy atom. The lowest BCUT2D eigenvalue weighted by atomic mass is 10.0. The summed E-state index contributed by atoms with van der Waals surface area (Å²) in [6.07, 6.45) is 0.523. The van der Waals surface area contributed by atoms with Gasteiger partial charge >= 0.3 is 12.1 Å². The van der Waals surface area contributed by atoms with Gasteiger partial charge in [-0.2, -0.15) is 0 Å². The van der Waals surface area contributed by atoms with Gasteiger partial charge in [-0.15, -0.1) is 0 Å². The number of benzene rings is 3. The molecule has 0 unspecified atom stereocenters. The summed E-state index contributed by atoms with van der Waals surface area (Å²) in [5.41, 5.74) is 2.11. The molecule has 39 heavy (non-hydrogen) atoms. The zero-order valence-corrected chi connectivity index (χ0v) is 22.7. The zero-order chi connectivity index (χ0) is 28.2. The average Bonchev–Trinajstić information content (AvgIpc) is 2.97. The van der Waals surface area contributed by atoms with E-state index in [0.717, 1.165) is 24.4 Å². The van der Waals surface area contributed by atoms with Gasteiger partial charge in [0.05, 0.1) is 14.2 Å². The van der Waals surface area contributed by atoms with Crippen LogP contribution in [-0.4, -0.2) is 48.0 Å². The standard InChI is InChI=1S/C30H29NO7S/c1-21(32)39-20-25(18-22-10-6-4-7-11-22)28(33)31(30(35)37-3)27(29(34)36-2)24-14-16-26(17-15-24)38-19-23-12-8-5-9-13-23/h4-18,27H,19-20H2,1-3H3/b25-18-/t27-/m0/s1. The number of carbonyl (C=O) groups excluding carboxylic acids is 4. The molecular formula is C30H29NO7S. The molecule has 0 N–H and O–H groups in total. The van der Waals surface area contributed by atoms with E-state index in [1.807, 2.05) is 36.4 Å². The van der Waals surface area contributed by atoms with Crippen molar-refractivity contribution in [3.63, 3.8) is 0 Å². The Labute approximate surface area is 231 Å². The number of hydrogen-bond donors (Lipinski definition) is 0. The van der Waals surface area contributed by atoms with Crippen LogP contribution in [0.1, 0.15) is 29.7 Å². The molecule has 2 amide bonds. The topological polar surface area (TPSA) is 99.2 Å². The molecule has 202 valence electrons. The molecule has 0 spiro atoms. The Bertz CT molecular complexity index is 1310. The first kappa shape index (κ1) is 29.2. The highest BCUT2D eigenvalue weighted by molar-refractivity contribution is 8.13. The number of ether oxygens (including phenoxy) is 3. The zero-order valence-electron chi connectivity index (χ0n) is 21.9. The van der Waals surface area contributed by atoms with Crippen LogP contribution in [0.3, 0.4) is 0 Å². The van der Waals surface area contributed by atoms with Crippen molar-refractivity contribution < 1.29 is 33.4 Å². The van der Waals surface area contributed by atoms with Crippen LogP contribution in [0.2, 0.25) is 0 Å². The Morgan fingerprint density at radius 3 is 2.03 bits per heavy atom. The summed E-state index contributed by atoms with van der Waals surface area (Å²) in [5, 5.41) is -0.206. The van der Waals surface area contributed by atoms with E-state index in [1.54, 1.807) is 54.6 Å². The summed E-state index contributed by atoms with van der Waals surface area (Å²) in [4.78, 5) is 52.2. The van der Waals surface area contributed by atoms with Crippen molar-refractivity contribution in [2.45, 2.75) is 19.6 Å². The van der Waals surface area contributed by atoms with E-state index in [0.29, 0.717) is 28.4 Å². The first-order valence-electron chi connectivity index (χ1n) is 12.0. The van der Waals surface area contributed by atoms with Gasteiger partial charge in [0.25, 0.3) is 5.91 Å². The summed E-state index contributed by atoms with van der Waals surface area (Å²) in [5.74, 6) is -1.12. The van der Waals surface area contributed by atoms with Crippen molar-refractivity contribution in [3.8, 4) is 5.75 Å². The fourth-order valence-electron chi connectivity index (χ4n) is 3.64. The fourth-order valence-corrected chi connectivity index (χ4v) is 4.21. The SMILES string of the molecule is COC(=O)[C@H](c1ccc(OCc2ccccc2)cc1)N(C(=O)OC)C(=O)/C(=C\c1ccccc1)CSC(C)=O. The van der Waals surface area contributed by atoms with E-state index < -0.39 is 24.0 Å². The van der Waals surface area contributed by atoms with Gasteiger partial charge < -0.3 is 14.2 Å². The van der Waals surface area contributed by atoms with Gasteiger partial charge in [-0.1, -0.05) is 84.6 Å². The van der Waals surface area contributed by atoms with Crippen LogP contribution in [0.4, 0.5) is 4.79 Å². The highest BCUT2D eigenvalue weighted by atomic mass is 32.2. The third-order valence-electron chi connectivity index (χ3n) is 5.56. The molecule has 8 nitrogen and oxygen atoms in total. The summed E-state index contributed by atoms with van der Waals surface area (Å²) >= 11 is 0.911. The van der Waals surface area contributed by atoms with Crippen LogP contribution in [0.5, 0.6) is 5.75 Å². The summed E-state index contributed by atoms with van der Waals surface area (Å²) < 4.78 is 15.7. The normalized spacial score (nSPS) is 11.7. The maximum Gasteiger partial charge on any atom is 0.417 e. The van der Waals surface area contributed by atoms with E-state index in [4.69, 9.17) is 14.2 Å². The van der Waals surface area contributed by atoms with E-state index >= 15 is 0 Å². The largest absolute Gasteiger partial charge is 0.489 e. The van der Waals surface area contributed by atoms with Crippen LogP contribution < -0.4 is 4.74 Å². The van der Waals surface area contributed by atoms with Gasteiger partial charge in [-0.3, -0.25) is 9.59 Å². The number of imide groups is 1. The molecule has 0 fully saturated rings. The molecule has 0 aliphatic heterocycles. The molecule has 1 atom stereocenters. The second-order valence-corrected chi connectivity index (χ2v) is 9.43. The third-order valence-corrected chi connectivity index (χ3v) is 6.42. The Balaban J connectivity index is 1.96. The molecule has 0 aliphatic carbocycles. The van der Waals surface area contributed by atoms with E-state index in [1.165, 1.54) is 14.0 Å². The van der Waals surface area contributed by atoms with E-state index in [2.05, 4.69) is 0 Å². The van der Waals surface area contributed by atoms with Gasteiger partial charge in [-0.05, 0) is 34.9 Å². The second-order valence-electron chi connectivity index (χ2n) is 8.27. The molecule has 9 heteroatoms. The fraction of sp³-hybridized carbons (Fsp3) is 0.200. The molecule has 3 aromatic carbocycles. The summed E-state index contributed by atoms with van der Waals surface area (Å²) in [7, 11) is 2.28. The highest BCUT2D eigenvalue weighted by Gasteiger charge is 2.39. The van der Waals surface area contributed by atoms with Crippen LogP contribution in [0.25, 0.3) is 6.08 Å². The molecular weight excluding hydrogens is 518 g/mol. The maximum atomic E-state index is 13.8. The molecule has 0 saturated heterocycles. The first-order chi connectivity index (χ1) is 18.8. The number of esters is 1.